The molecular weight excluding hydrogens is 815 g/mol. The maximum absolute atomic E-state index is 14.4. The van der Waals surface area contributed by atoms with Crippen molar-refractivity contribution in [1.29, 1.82) is 0 Å². The summed E-state index contributed by atoms with van der Waals surface area (Å²) >= 11 is 0. The topological polar surface area (TPSA) is 162 Å². The summed E-state index contributed by atoms with van der Waals surface area (Å²) in [5, 5.41) is 3.19. The van der Waals surface area contributed by atoms with Crippen molar-refractivity contribution in [2.24, 2.45) is 11.5 Å². The number of nitrogens with zero attached hydrogens (tertiary/aromatic N) is 4. The highest BCUT2D eigenvalue weighted by Gasteiger charge is 2.27. The molecule has 380 valence electrons. The highest BCUT2D eigenvalue weighted by Crippen LogP contribution is 2.14. The largest absolute Gasteiger partial charge is 0.368 e. The molecule has 0 spiro atoms. The van der Waals surface area contributed by atoms with E-state index in [0.717, 1.165) is 128 Å². The molecule has 0 aliphatic carbocycles. The van der Waals surface area contributed by atoms with Crippen molar-refractivity contribution < 1.29 is 24.0 Å². The second-order valence-electron chi connectivity index (χ2n) is 18.7. The number of unbranched alkanes of at least 4 members (excludes halogenated alkanes) is 27. The average Bonchev–Trinajstić information content (AvgIpc) is 3.29. The van der Waals surface area contributed by atoms with Gasteiger partial charge in [0, 0.05) is 26.2 Å². The molecule has 0 saturated carbocycles. The summed E-state index contributed by atoms with van der Waals surface area (Å²) < 4.78 is 0. The van der Waals surface area contributed by atoms with Crippen LogP contribution in [0.4, 0.5) is 0 Å². The molecule has 12 nitrogen and oxygen atoms in total. The zero-order valence-corrected chi connectivity index (χ0v) is 42.7. The van der Waals surface area contributed by atoms with Gasteiger partial charge in [-0.3, -0.25) is 24.0 Å². The highest BCUT2D eigenvalue weighted by molar-refractivity contribution is 5.91. The number of carbonyl (C=O) groups is 5. The van der Waals surface area contributed by atoms with E-state index in [4.69, 9.17) is 11.5 Å². The molecule has 0 heterocycles. The molecule has 65 heavy (non-hydrogen) atoms. The Morgan fingerprint density at radius 2 is 0.708 bits per heavy atom. The first-order valence-electron chi connectivity index (χ1n) is 27.1. The molecule has 5 N–H and O–H groups in total. The number of rotatable bonds is 49. The van der Waals surface area contributed by atoms with E-state index in [0.29, 0.717) is 39.3 Å². The average molecular weight is 918 g/mol. The third kappa shape index (κ3) is 37.8. The first-order chi connectivity index (χ1) is 31.6. The van der Waals surface area contributed by atoms with Crippen LogP contribution in [0.3, 0.4) is 0 Å². The van der Waals surface area contributed by atoms with Crippen LogP contribution in [-0.2, 0) is 24.0 Å². The van der Waals surface area contributed by atoms with Gasteiger partial charge >= 0.3 is 0 Å². The Morgan fingerprint density at radius 1 is 0.415 bits per heavy atom. The van der Waals surface area contributed by atoms with Gasteiger partial charge in [-0.1, -0.05) is 187 Å². The quantitative estimate of drug-likeness (QED) is 0.0404. The molecule has 0 fully saturated rings. The molecule has 0 aromatic heterocycles. The molecule has 0 aromatic carbocycles. The molecule has 0 saturated heterocycles. The van der Waals surface area contributed by atoms with Gasteiger partial charge in [0.25, 0.3) is 0 Å². The molecule has 0 aliphatic rings. The minimum Gasteiger partial charge on any atom is -0.368 e. The van der Waals surface area contributed by atoms with Crippen LogP contribution >= 0.6 is 0 Å². The number of nitrogens with one attached hydrogen (secondary N) is 1. The lowest BCUT2D eigenvalue weighted by atomic mass is 10.1. The zero-order valence-electron chi connectivity index (χ0n) is 42.7. The van der Waals surface area contributed by atoms with E-state index in [1.807, 2.05) is 6.08 Å². The lowest BCUT2D eigenvalue weighted by molar-refractivity contribution is -0.146. The van der Waals surface area contributed by atoms with Crippen molar-refractivity contribution in [3.63, 3.8) is 0 Å². The standard InChI is InChI=1S/C53H103N7O5/c1-5-9-13-17-21-25-29-33-40-57(45-49(55)61)51(63)47-59(42-35-31-27-23-19-15-11-7-3)53(65)48-60(43-36-32-28-24-20-16-12-8-4)52(64)46-58(50(62)44-56-39-37-38-54)41-34-30-26-22-18-14-10-6-2/h6,56H,2,5,7-48,54H2,1,3-4H3,(H2,55,61). The summed E-state index contributed by atoms with van der Waals surface area (Å²) in [6.07, 6.45) is 36.5. The first-order valence-corrected chi connectivity index (χ1v) is 27.1. The van der Waals surface area contributed by atoms with Crippen LogP contribution in [0.1, 0.15) is 226 Å². The van der Waals surface area contributed by atoms with Gasteiger partial charge in [-0.2, -0.15) is 0 Å². The predicted molar refractivity (Wildman–Crippen MR) is 272 cm³/mol. The number of nitrogens with two attached hydrogens (primary N) is 2. The maximum atomic E-state index is 14.4. The normalized spacial score (nSPS) is 11.1. The molecule has 0 atom stereocenters. The van der Waals surface area contributed by atoms with E-state index in [-0.39, 0.29) is 56.4 Å². The maximum Gasteiger partial charge on any atom is 0.242 e. The molecule has 0 unspecified atom stereocenters. The molecular formula is C53H103N7O5. The SMILES string of the molecule is C=CCCCCCCCCN(CC(=O)N(CCCCCCCCCC)CC(=O)N(CCCCCCCCCC)CC(=O)N(CCCCCCCCCC)CC(N)=O)C(=O)CNCCCN. The zero-order chi connectivity index (χ0) is 48.0. The summed E-state index contributed by atoms with van der Waals surface area (Å²) in [6, 6.07) is 0. The van der Waals surface area contributed by atoms with E-state index < -0.39 is 5.91 Å². The van der Waals surface area contributed by atoms with Crippen molar-refractivity contribution in [2.75, 3.05) is 72.0 Å². The van der Waals surface area contributed by atoms with Crippen LogP contribution in [0, 0.1) is 0 Å². The molecule has 0 bridgehead atoms. The molecule has 12 heteroatoms. The molecule has 5 amide bonds. The van der Waals surface area contributed by atoms with Gasteiger partial charge in [-0.15, -0.1) is 6.58 Å². The van der Waals surface area contributed by atoms with E-state index in [2.05, 4.69) is 32.7 Å². The van der Waals surface area contributed by atoms with E-state index >= 15 is 0 Å². The number of primary amides is 1. The molecule has 0 aliphatic heterocycles. The summed E-state index contributed by atoms with van der Waals surface area (Å²) in [5.41, 5.74) is 11.3. The summed E-state index contributed by atoms with van der Waals surface area (Å²) in [6.45, 7) is 12.8. The van der Waals surface area contributed by atoms with Gasteiger partial charge in [-0.25, -0.2) is 0 Å². The number of amides is 5. The Kier molecular flexibility index (Phi) is 44.0. The van der Waals surface area contributed by atoms with E-state index in [1.54, 1.807) is 14.7 Å². The minimum atomic E-state index is -0.571. The lowest BCUT2D eigenvalue weighted by Crippen LogP contribution is -2.51. The number of carbonyl (C=O) groups excluding carboxylic acids is 5. The Hall–Kier alpha value is -2.99. The van der Waals surface area contributed by atoms with Gasteiger partial charge in [0.05, 0.1) is 32.7 Å². The summed E-state index contributed by atoms with van der Waals surface area (Å²) in [7, 11) is 0. The predicted octanol–water partition coefficient (Wildman–Crippen LogP) is 10.1. The van der Waals surface area contributed by atoms with Gasteiger partial charge in [0.1, 0.15) is 0 Å². The van der Waals surface area contributed by atoms with Gasteiger partial charge < -0.3 is 36.4 Å². The van der Waals surface area contributed by atoms with Gasteiger partial charge in [0.15, 0.2) is 0 Å². The first kappa shape index (κ1) is 62.0. The Labute approximate surface area is 399 Å². The van der Waals surface area contributed by atoms with Crippen LogP contribution < -0.4 is 16.8 Å². The van der Waals surface area contributed by atoms with Gasteiger partial charge in [-0.05, 0) is 58.0 Å². The summed E-state index contributed by atoms with van der Waals surface area (Å²) in [5.74, 6) is -1.52. The third-order valence-electron chi connectivity index (χ3n) is 12.5. The van der Waals surface area contributed by atoms with Crippen molar-refractivity contribution in [1.82, 2.24) is 24.9 Å². The second-order valence-corrected chi connectivity index (χ2v) is 18.7. The monoisotopic (exact) mass is 918 g/mol. The van der Waals surface area contributed by atoms with E-state index in [9.17, 15) is 24.0 Å². The van der Waals surface area contributed by atoms with E-state index in [1.165, 1.54) is 81.9 Å². The second kappa shape index (κ2) is 46.1. The molecule has 0 rings (SSSR count). The Bertz CT molecular complexity index is 1190. The molecule has 0 aromatic rings. The smallest absolute Gasteiger partial charge is 0.242 e. The van der Waals surface area contributed by atoms with Crippen LogP contribution in [0.2, 0.25) is 0 Å². The third-order valence-corrected chi connectivity index (χ3v) is 12.5. The molecule has 0 radical (unpaired) electrons. The fourth-order valence-corrected chi connectivity index (χ4v) is 8.29. The van der Waals surface area contributed by atoms with Gasteiger partial charge in [0.2, 0.25) is 29.5 Å². The van der Waals surface area contributed by atoms with Crippen molar-refractivity contribution >= 4 is 29.5 Å². The Morgan fingerprint density at radius 3 is 1.02 bits per heavy atom. The number of hydrogen-bond donors (Lipinski definition) is 3. The summed E-state index contributed by atoms with van der Waals surface area (Å²) in [4.78, 5) is 75.0. The Balaban J connectivity index is 6.20. The number of allylic oxidation sites excluding steroid dienone is 1. The van der Waals surface area contributed by atoms with Crippen molar-refractivity contribution in [2.45, 2.75) is 226 Å². The fourth-order valence-electron chi connectivity index (χ4n) is 8.29. The number of hydrogen-bond acceptors (Lipinski definition) is 7. The van der Waals surface area contributed by atoms with Crippen molar-refractivity contribution in [3.05, 3.63) is 12.7 Å². The van der Waals surface area contributed by atoms with Crippen LogP contribution in [-0.4, -0.2) is 121 Å². The highest BCUT2D eigenvalue weighted by atomic mass is 16.2. The lowest BCUT2D eigenvalue weighted by Gasteiger charge is -2.31. The van der Waals surface area contributed by atoms with Crippen LogP contribution in [0.5, 0.6) is 0 Å². The fraction of sp³-hybridized carbons (Fsp3) is 0.868. The van der Waals surface area contributed by atoms with Crippen molar-refractivity contribution in [3.8, 4) is 0 Å². The van der Waals surface area contributed by atoms with Crippen LogP contribution in [0.25, 0.3) is 0 Å². The van der Waals surface area contributed by atoms with Crippen LogP contribution in [0.15, 0.2) is 12.7 Å². The minimum absolute atomic E-state index is 0.0943.